The van der Waals surface area contributed by atoms with Crippen molar-refractivity contribution in [3.8, 4) is 17.2 Å². The van der Waals surface area contributed by atoms with Crippen LogP contribution >= 0.6 is 0 Å². The van der Waals surface area contributed by atoms with Gasteiger partial charge in [0.1, 0.15) is 18.3 Å². The second-order valence-electron chi connectivity index (χ2n) is 4.94. The molecule has 1 saturated heterocycles. The number of phenols is 2. The number of ether oxygens (including phenoxy) is 2. The van der Waals surface area contributed by atoms with Crippen molar-refractivity contribution in [1.82, 2.24) is 0 Å². The molecule has 0 radical (unpaired) electrons. The quantitative estimate of drug-likeness (QED) is 0.382. The highest BCUT2D eigenvalue weighted by Crippen LogP contribution is 2.38. The number of phenolic OH excluding ortho intramolecular Hbond substituents is 2. The molecule has 6 N–H and O–H groups in total. The first-order valence-corrected chi connectivity index (χ1v) is 6.53. The van der Waals surface area contributed by atoms with Crippen LogP contribution in [0.4, 0.5) is 0 Å². The van der Waals surface area contributed by atoms with Crippen molar-refractivity contribution in [2.75, 3.05) is 0 Å². The van der Waals surface area contributed by atoms with Crippen LogP contribution in [0.5, 0.6) is 17.2 Å². The summed E-state index contributed by atoms with van der Waals surface area (Å²) in [6.07, 6.45) is -7.66. The van der Waals surface area contributed by atoms with E-state index in [1.54, 1.807) is 0 Å². The van der Waals surface area contributed by atoms with Crippen LogP contribution in [0.2, 0.25) is 0 Å². The van der Waals surface area contributed by atoms with Gasteiger partial charge in [0, 0.05) is 0 Å². The SMILES string of the molecule is C=Cc1cc(O)c(O)c(OC2OC(C(=O)O)C(O)C(O)C2O)c1. The number of benzene rings is 1. The van der Waals surface area contributed by atoms with Gasteiger partial charge in [0.25, 0.3) is 0 Å². The van der Waals surface area contributed by atoms with Crippen molar-refractivity contribution in [1.29, 1.82) is 0 Å². The number of aromatic hydroxyl groups is 2. The summed E-state index contributed by atoms with van der Waals surface area (Å²) in [4.78, 5) is 11.0. The van der Waals surface area contributed by atoms with E-state index in [1.807, 2.05) is 0 Å². The first-order valence-electron chi connectivity index (χ1n) is 6.53. The van der Waals surface area contributed by atoms with Crippen LogP contribution in [0.1, 0.15) is 5.56 Å². The largest absolute Gasteiger partial charge is 0.504 e. The van der Waals surface area contributed by atoms with Gasteiger partial charge in [-0.1, -0.05) is 12.7 Å². The van der Waals surface area contributed by atoms with Crippen molar-refractivity contribution in [2.24, 2.45) is 0 Å². The summed E-state index contributed by atoms with van der Waals surface area (Å²) in [5.41, 5.74) is 0.371. The molecule has 0 aromatic heterocycles. The summed E-state index contributed by atoms with van der Waals surface area (Å²) >= 11 is 0. The van der Waals surface area contributed by atoms with Crippen LogP contribution in [-0.4, -0.2) is 67.3 Å². The van der Waals surface area contributed by atoms with Gasteiger partial charge in [-0.15, -0.1) is 0 Å². The summed E-state index contributed by atoms with van der Waals surface area (Å²) in [7, 11) is 0. The van der Waals surface area contributed by atoms with Gasteiger partial charge in [-0.3, -0.25) is 0 Å². The zero-order valence-corrected chi connectivity index (χ0v) is 11.7. The van der Waals surface area contributed by atoms with Gasteiger partial charge in [0.05, 0.1) is 0 Å². The van der Waals surface area contributed by atoms with E-state index in [9.17, 15) is 30.3 Å². The van der Waals surface area contributed by atoms with Crippen LogP contribution in [0.15, 0.2) is 18.7 Å². The van der Waals surface area contributed by atoms with Crippen molar-refractivity contribution in [3.05, 3.63) is 24.3 Å². The highest BCUT2D eigenvalue weighted by atomic mass is 16.7. The van der Waals surface area contributed by atoms with Gasteiger partial charge in [-0.05, 0) is 17.7 Å². The maximum Gasteiger partial charge on any atom is 0.335 e. The van der Waals surface area contributed by atoms with E-state index >= 15 is 0 Å². The predicted molar refractivity (Wildman–Crippen MR) is 74.8 cm³/mol. The number of carboxylic acids is 1. The summed E-state index contributed by atoms with van der Waals surface area (Å²) in [5, 5.41) is 57.4. The summed E-state index contributed by atoms with van der Waals surface area (Å²) in [6, 6.07) is 2.46. The number of aliphatic carboxylic acids is 1. The molecule has 1 aliphatic rings. The molecule has 0 saturated carbocycles. The number of aliphatic hydroxyl groups is 3. The average Bonchev–Trinajstić information content (AvgIpc) is 2.51. The number of hydrogen-bond acceptors (Lipinski definition) is 8. The van der Waals surface area contributed by atoms with Gasteiger partial charge in [-0.2, -0.15) is 0 Å². The Balaban J connectivity index is 2.30. The Labute approximate surface area is 130 Å². The van der Waals surface area contributed by atoms with Gasteiger partial charge in [-0.25, -0.2) is 4.79 Å². The van der Waals surface area contributed by atoms with Crippen molar-refractivity contribution >= 4 is 12.0 Å². The molecule has 5 atom stereocenters. The van der Waals surface area contributed by atoms with Crippen LogP contribution in [0.25, 0.3) is 6.08 Å². The third kappa shape index (κ3) is 3.22. The monoisotopic (exact) mass is 328 g/mol. The molecule has 0 aliphatic carbocycles. The molecule has 1 heterocycles. The fourth-order valence-corrected chi connectivity index (χ4v) is 2.10. The molecule has 9 heteroatoms. The van der Waals surface area contributed by atoms with Gasteiger partial charge >= 0.3 is 5.97 Å². The fraction of sp³-hybridized carbons (Fsp3) is 0.357. The zero-order chi connectivity index (χ0) is 17.3. The molecular formula is C14H16O9. The molecule has 0 amide bonds. The smallest absolute Gasteiger partial charge is 0.335 e. The minimum absolute atomic E-state index is 0.323. The average molecular weight is 328 g/mol. The maximum absolute atomic E-state index is 11.0. The number of aliphatic hydroxyl groups excluding tert-OH is 3. The molecule has 5 unspecified atom stereocenters. The van der Waals surface area contributed by atoms with Crippen LogP contribution in [0, 0.1) is 0 Å². The third-order valence-corrected chi connectivity index (χ3v) is 3.37. The summed E-state index contributed by atoms with van der Waals surface area (Å²) < 4.78 is 10.1. The number of carbonyl (C=O) groups is 1. The number of rotatable bonds is 4. The standard InChI is InChI=1S/C14H16O9/c1-2-5-3-6(15)8(16)7(4-5)22-14-11(19)9(17)10(18)12(23-14)13(20)21/h2-4,9-12,14-19H,1H2,(H,20,21). The predicted octanol–water partition coefficient (Wildman–Crippen LogP) is -0.988. The van der Waals surface area contributed by atoms with Crippen molar-refractivity contribution in [2.45, 2.75) is 30.7 Å². The number of carboxylic acid groups (broad SMARTS) is 1. The molecule has 0 spiro atoms. The molecule has 23 heavy (non-hydrogen) atoms. The third-order valence-electron chi connectivity index (χ3n) is 3.37. The first-order chi connectivity index (χ1) is 10.8. The number of hydrogen-bond donors (Lipinski definition) is 6. The van der Waals surface area contributed by atoms with E-state index in [2.05, 4.69) is 6.58 Å². The van der Waals surface area contributed by atoms with E-state index in [1.165, 1.54) is 18.2 Å². The van der Waals surface area contributed by atoms with Gasteiger partial charge < -0.3 is 40.1 Å². The highest BCUT2D eigenvalue weighted by molar-refractivity contribution is 5.73. The second kappa shape index (κ2) is 6.42. The molecular weight excluding hydrogens is 312 g/mol. The van der Waals surface area contributed by atoms with Crippen molar-refractivity contribution in [3.63, 3.8) is 0 Å². The van der Waals surface area contributed by atoms with Crippen LogP contribution in [0.3, 0.4) is 0 Å². The lowest BCUT2D eigenvalue weighted by atomic mass is 9.99. The lowest BCUT2D eigenvalue weighted by Crippen LogP contribution is -2.61. The van der Waals surface area contributed by atoms with Gasteiger partial charge in [0.2, 0.25) is 12.0 Å². The lowest BCUT2D eigenvalue weighted by Gasteiger charge is -2.38. The molecule has 0 bridgehead atoms. The second-order valence-corrected chi connectivity index (χ2v) is 4.94. The van der Waals surface area contributed by atoms with E-state index < -0.39 is 48.2 Å². The summed E-state index contributed by atoms with van der Waals surface area (Å²) in [6.45, 7) is 3.48. The molecule has 126 valence electrons. The Bertz CT molecular complexity index is 615. The maximum atomic E-state index is 11.0. The Kier molecular flexibility index (Phi) is 4.76. The Hall–Kier alpha value is -2.33. The first kappa shape index (κ1) is 17.0. The zero-order valence-electron chi connectivity index (χ0n) is 11.7. The Morgan fingerprint density at radius 2 is 1.83 bits per heavy atom. The molecule has 1 aromatic rings. The molecule has 1 fully saturated rings. The Morgan fingerprint density at radius 1 is 1.17 bits per heavy atom. The Morgan fingerprint density at radius 3 is 2.39 bits per heavy atom. The van der Waals surface area contributed by atoms with Gasteiger partial charge in [0.15, 0.2) is 17.6 Å². The topological polar surface area (TPSA) is 157 Å². The van der Waals surface area contributed by atoms with Crippen molar-refractivity contribution < 1.29 is 44.9 Å². The van der Waals surface area contributed by atoms with Crippen LogP contribution in [-0.2, 0) is 9.53 Å². The minimum atomic E-state index is -1.86. The minimum Gasteiger partial charge on any atom is -0.504 e. The van der Waals surface area contributed by atoms with E-state index in [0.717, 1.165) is 0 Å². The lowest BCUT2D eigenvalue weighted by molar-refractivity contribution is -0.271. The van der Waals surface area contributed by atoms with E-state index in [0.29, 0.717) is 5.56 Å². The van der Waals surface area contributed by atoms with E-state index in [4.69, 9.17) is 14.6 Å². The molecule has 1 aromatic carbocycles. The normalized spacial score (nSPS) is 30.7. The molecule has 1 aliphatic heterocycles. The van der Waals surface area contributed by atoms with E-state index in [-0.39, 0.29) is 5.75 Å². The highest BCUT2D eigenvalue weighted by Gasteiger charge is 2.48. The molecule has 9 nitrogen and oxygen atoms in total. The summed E-state index contributed by atoms with van der Waals surface area (Å²) in [5.74, 6) is -3.09. The van der Waals surface area contributed by atoms with Crippen LogP contribution < -0.4 is 4.74 Å². The molecule has 2 rings (SSSR count). The fourth-order valence-electron chi connectivity index (χ4n) is 2.10.